The summed E-state index contributed by atoms with van der Waals surface area (Å²) >= 11 is 0. The number of aromatic amines is 1. The van der Waals surface area contributed by atoms with Crippen molar-refractivity contribution < 1.29 is 14.7 Å². The fraction of sp³-hybridized carbons (Fsp3) is 0.538. The van der Waals surface area contributed by atoms with E-state index in [1.165, 1.54) is 0 Å². The average molecular weight is 281 g/mol. The number of carbonyl (C=O) groups is 2. The van der Waals surface area contributed by atoms with Crippen LogP contribution in [0.4, 0.5) is 0 Å². The molecule has 20 heavy (non-hydrogen) atoms. The molecule has 0 spiro atoms. The Morgan fingerprint density at radius 3 is 2.35 bits per heavy atom. The van der Waals surface area contributed by atoms with E-state index < -0.39 is 24.0 Å². The fourth-order valence-electron chi connectivity index (χ4n) is 2.07. The van der Waals surface area contributed by atoms with Crippen LogP contribution in [0.15, 0.2) is 4.79 Å². The van der Waals surface area contributed by atoms with Crippen molar-refractivity contribution in [1.82, 2.24) is 15.1 Å². The third kappa shape index (κ3) is 3.23. The second-order valence-electron chi connectivity index (χ2n) is 4.27. The molecule has 110 valence electrons. The van der Waals surface area contributed by atoms with Crippen molar-refractivity contribution in [2.75, 3.05) is 13.1 Å². The number of nitrogens with zero attached hydrogens (tertiary/aromatic N) is 2. The van der Waals surface area contributed by atoms with Crippen molar-refractivity contribution in [1.29, 1.82) is 0 Å². The lowest BCUT2D eigenvalue weighted by Crippen LogP contribution is -2.39. The Balaban J connectivity index is 3.33. The molecule has 0 aliphatic rings. The molecule has 1 rings (SSSR count). The molecule has 0 fully saturated rings. The average Bonchev–Trinajstić information content (AvgIpc) is 2.43. The largest absolute Gasteiger partial charge is 0.480 e. The number of hydrogen-bond acceptors (Lipinski definition) is 4. The Kier molecular flexibility index (Phi) is 5.42. The number of carbonyl (C=O) groups excluding carboxylic acids is 1. The van der Waals surface area contributed by atoms with E-state index >= 15 is 0 Å². The summed E-state index contributed by atoms with van der Waals surface area (Å²) in [6.45, 7) is 5.17. The third-order valence-electron chi connectivity index (χ3n) is 3.07. The van der Waals surface area contributed by atoms with Crippen molar-refractivity contribution in [3.05, 3.63) is 27.2 Å². The Bertz CT molecular complexity index is 565. The van der Waals surface area contributed by atoms with E-state index in [2.05, 4.69) is 10.2 Å². The number of carboxylic acid groups (broad SMARTS) is 1. The molecule has 7 heteroatoms. The van der Waals surface area contributed by atoms with Gasteiger partial charge in [0.2, 0.25) is 0 Å². The molecule has 7 nitrogen and oxygen atoms in total. The maximum absolute atomic E-state index is 12.4. The molecule has 0 atom stereocenters. The van der Waals surface area contributed by atoms with Crippen molar-refractivity contribution in [3.63, 3.8) is 0 Å². The van der Waals surface area contributed by atoms with Gasteiger partial charge >= 0.3 is 5.97 Å². The van der Waals surface area contributed by atoms with Gasteiger partial charge in [0, 0.05) is 6.54 Å². The van der Waals surface area contributed by atoms with Gasteiger partial charge in [-0.1, -0.05) is 13.8 Å². The molecule has 0 radical (unpaired) electrons. The summed E-state index contributed by atoms with van der Waals surface area (Å²) in [5.41, 5.74) is 0.669. The van der Waals surface area contributed by atoms with Crippen LogP contribution in [0.25, 0.3) is 0 Å². The number of aryl methyl sites for hydroxylation is 1. The maximum Gasteiger partial charge on any atom is 0.323 e. The lowest BCUT2D eigenvalue weighted by Gasteiger charge is -2.20. The number of aliphatic carboxylic acids is 1. The highest BCUT2D eigenvalue weighted by Gasteiger charge is 2.24. The van der Waals surface area contributed by atoms with E-state index in [0.717, 1.165) is 4.90 Å². The number of likely N-dealkylation sites (N-methyl/N-ethyl adjacent to an activating group) is 1. The van der Waals surface area contributed by atoms with Gasteiger partial charge in [-0.15, -0.1) is 0 Å². The summed E-state index contributed by atoms with van der Waals surface area (Å²) in [6, 6.07) is 0. The van der Waals surface area contributed by atoms with Crippen molar-refractivity contribution in [2.45, 2.75) is 33.6 Å². The number of hydrogen-bond donors (Lipinski definition) is 2. The van der Waals surface area contributed by atoms with Crippen LogP contribution in [0.5, 0.6) is 0 Å². The van der Waals surface area contributed by atoms with Gasteiger partial charge in [-0.3, -0.25) is 14.4 Å². The first kappa shape index (κ1) is 15.9. The Morgan fingerprint density at radius 1 is 1.25 bits per heavy atom. The molecule has 0 bridgehead atoms. The highest BCUT2D eigenvalue weighted by molar-refractivity contribution is 5.97. The number of nitrogens with one attached hydrogen (secondary N) is 1. The van der Waals surface area contributed by atoms with Crippen molar-refractivity contribution >= 4 is 11.9 Å². The molecular formula is C13H19N3O4. The van der Waals surface area contributed by atoms with Crippen LogP contribution in [0.2, 0.25) is 0 Å². The molecule has 1 aromatic rings. The zero-order valence-corrected chi connectivity index (χ0v) is 11.9. The molecule has 1 amide bonds. The minimum absolute atomic E-state index is 0.00227. The molecule has 0 aliphatic carbocycles. The van der Waals surface area contributed by atoms with Gasteiger partial charge in [-0.2, -0.15) is 5.10 Å². The summed E-state index contributed by atoms with van der Waals surface area (Å²) in [6.07, 6.45) is 1.08. The Hall–Kier alpha value is -2.18. The first-order chi connectivity index (χ1) is 9.46. The highest BCUT2D eigenvalue weighted by Crippen LogP contribution is 2.12. The summed E-state index contributed by atoms with van der Waals surface area (Å²) in [5, 5.41) is 15.1. The summed E-state index contributed by atoms with van der Waals surface area (Å²) in [7, 11) is 0. The predicted molar refractivity (Wildman–Crippen MR) is 72.8 cm³/mol. The molecule has 1 aromatic heterocycles. The number of aromatic nitrogens is 2. The van der Waals surface area contributed by atoms with Gasteiger partial charge in [0.15, 0.2) is 0 Å². The number of carboxylic acids is 1. The van der Waals surface area contributed by atoms with E-state index in [4.69, 9.17) is 5.11 Å². The summed E-state index contributed by atoms with van der Waals surface area (Å²) < 4.78 is 0. The standard InChI is InChI=1S/C13H19N3O4/c1-4-8-9(5-2)14-15-12(19)11(8)13(20)16(6-3)7-10(17)18/h4-7H2,1-3H3,(H,15,19)(H,17,18). The fourth-order valence-corrected chi connectivity index (χ4v) is 2.07. The van der Waals surface area contributed by atoms with E-state index in [1.54, 1.807) is 6.92 Å². The molecular weight excluding hydrogens is 262 g/mol. The SMILES string of the molecule is CCc1n[nH]c(=O)c(C(=O)N(CC)CC(=O)O)c1CC. The van der Waals surface area contributed by atoms with Crippen molar-refractivity contribution in [3.8, 4) is 0 Å². The molecule has 2 N–H and O–H groups in total. The molecule has 0 saturated heterocycles. The minimum Gasteiger partial charge on any atom is -0.480 e. The first-order valence-corrected chi connectivity index (χ1v) is 6.57. The number of H-pyrrole nitrogens is 1. The summed E-state index contributed by atoms with van der Waals surface area (Å²) in [5.74, 6) is -1.68. The first-order valence-electron chi connectivity index (χ1n) is 6.57. The second-order valence-corrected chi connectivity index (χ2v) is 4.27. The smallest absolute Gasteiger partial charge is 0.323 e. The van der Waals surface area contributed by atoms with Gasteiger partial charge in [0.1, 0.15) is 12.1 Å². The molecule has 0 aromatic carbocycles. The Labute approximate surface area is 116 Å². The molecule has 0 saturated carbocycles. The van der Waals surface area contributed by atoms with Gasteiger partial charge < -0.3 is 10.0 Å². The van der Waals surface area contributed by atoms with Crippen LogP contribution in [0.1, 0.15) is 42.4 Å². The van der Waals surface area contributed by atoms with Gasteiger partial charge in [0.25, 0.3) is 11.5 Å². The van der Waals surface area contributed by atoms with Crippen LogP contribution in [0, 0.1) is 0 Å². The normalized spacial score (nSPS) is 10.3. The van der Waals surface area contributed by atoms with E-state index in [-0.39, 0.29) is 12.1 Å². The van der Waals surface area contributed by atoms with Crippen molar-refractivity contribution in [2.24, 2.45) is 0 Å². The van der Waals surface area contributed by atoms with Gasteiger partial charge in [-0.05, 0) is 25.3 Å². The predicted octanol–water partition coefficient (Wildman–Crippen LogP) is 0.441. The van der Waals surface area contributed by atoms with E-state index in [1.807, 2.05) is 13.8 Å². The lowest BCUT2D eigenvalue weighted by atomic mass is 10.0. The lowest BCUT2D eigenvalue weighted by molar-refractivity contribution is -0.137. The van der Waals surface area contributed by atoms with Crippen LogP contribution in [0.3, 0.4) is 0 Å². The van der Waals surface area contributed by atoms with Gasteiger partial charge in [0.05, 0.1) is 5.69 Å². The minimum atomic E-state index is -1.11. The second kappa shape index (κ2) is 6.83. The third-order valence-corrected chi connectivity index (χ3v) is 3.07. The van der Waals surface area contributed by atoms with Crippen LogP contribution in [-0.2, 0) is 17.6 Å². The zero-order chi connectivity index (χ0) is 15.3. The van der Waals surface area contributed by atoms with E-state index in [9.17, 15) is 14.4 Å². The maximum atomic E-state index is 12.4. The van der Waals surface area contributed by atoms with Gasteiger partial charge in [-0.25, -0.2) is 5.10 Å². The molecule has 1 heterocycles. The molecule has 0 unspecified atom stereocenters. The van der Waals surface area contributed by atoms with E-state index in [0.29, 0.717) is 24.1 Å². The molecule has 0 aliphatic heterocycles. The number of amides is 1. The Morgan fingerprint density at radius 2 is 1.90 bits per heavy atom. The number of rotatable bonds is 6. The quantitative estimate of drug-likeness (QED) is 0.787. The van der Waals surface area contributed by atoms with Crippen LogP contribution < -0.4 is 5.56 Å². The van der Waals surface area contributed by atoms with Crippen LogP contribution >= 0.6 is 0 Å². The zero-order valence-electron chi connectivity index (χ0n) is 11.9. The monoisotopic (exact) mass is 281 g/mol. The summed E-state index contributed by atoms with van der Waals surface area (Å²) in [4.78, 5) is 36.2. The highest BCUT2D eigenvalue weighted by atomic mass is 16.4. The topological polar surface area (TPSA) is 103 Å². The van der Waals surface area contributed by atoms with Crippen LogP contribution in [-0.4, -0.2) is 45.2 Å².